The zero-order valence-electron chi connectivity index (χ0n) is 17.5. The van der Waals surface area contributed by atoms with Crippen molar-refractivity contribution in [3.05, 3.63) is 41.5 Å². The van der Waals surface area contributed by atoms with Crippen LogP contribution in [-0.2, 0) is 22.9 Å². The summed E-state index contributed by atoms with van der Waals surface area (Å²) in [6, 6.07) is 8.53. The molecule has 0 bridgehead atoms. The van der Waals surface area contributed by atoms with Crippen molar-refractivity contribution in [2.45, 2.75) is 30.2 Å². The van der Waals surface area contributed by atoms with Gasteiger partial charge in [0.05, 0.1) is 31.9 Å². The van der Waals surface area contributed by atoms with E-state index < -0.39 is 10.0 Å². The first-order valence-electron chi connectivity index (χ1n) is 9.40. The van der Waals surface area contributed by atoms with Gasteiger partial charge in [0.25, 0.3) is 10.0 Å². The van der Waals surface area contributed by atoms with Gasteiger partial charge in [-0.3, -0.25) is 4.72 Å². The molecule has 0 fully saturated rings. The number of nitrogens with one attached hydrogen (secondary N) is 1. The third-order valence-corrected chi connectivity index (χ3v) is 6.78. The van der Waals surface area contributed by atoms with Gasteiger partial charge in [-0.1, -0.05) is 0 Å². The van der Waals surface area contributed by atoms with Gasteiger partial charge in [0.1, 0.15) is 5.75 Å². The summed E-state index contributed by atoms with van der Waals surface area (Å²) in [4.78, 5) is 2.31. The molecule has 158 valence electrons. The zero-order chi connectivity index (χ0) is 21.2. The Hall–Kier alpha value is -2.45. The summed E-state index contributed by atoms with van der Waals surface area (Å²) in [5.74, 6) is 1.63. The van der Waals surface area contributed by atoms with Crippen LogP contribution in [0.1, 0.15) is 17.5 Å². The van der Waals surface area contributed by atoms with E-state index >= 15 is 0 Å². The van der Waals surface area contributed by atoms with E-state index in [9.17, 15) is 8.42 Å². The number of nitrogens with zero attached hydrogens (tertiary/aromatic N) is 1. The Kier molecular flexibility index (Phi) is 6.24. The van der Waals surface area contributed by atoms with Gasteiger partial charge in [-0.25, -0.2) is 8.42 Å². The van der Waals surface area contributed by atoms with E-state index in [0.29, 0.717) is 23.2 Å². The van der Waals surface area contributed by atoms with Gasteiger partial charge in [0.15, 0.2) is 11.5 Å². The number of ether oxygens (including phenoxy) is 3. The Bertz CT molecular complexity index is 989. The first-order chi connectivity index (χ1) is 13.8. The van der Waals surface area contributed by atoms with E-state index in [-0.39, 0.29) is 4.90 Å². The van der Waals surface area contributed by atoms with E-state index in [1.165, 1.54) is 26.4 Å². The molecule has 0 heterocycles. The van der Waals surface area contributed by atoms with Crippen molar-refractivity contribution in [3.8, 4) is 17.2 Å². The summed E-state index contributed by atoms with van der Waals surface area (Å²) in [5, 5.41) is 0. The molecule has 1 aliphatic rings. The lowest BCUT2D eigenvalue weighted by molar-refractivity contribution is 0.265. The molecule has 0 saturated heterocycles. The van der Waals surface area contributed by atoms with Gasteiger partial charge in [0.2, 0.25) is 0 Å². The molecule has 1 N–H and O–H groups in total. The quantitative estimate of drug-likeness (QED) is 0.742. The Morgan fingerprint density at radius 2 is 1.59 bits per heavy atom. The van der Waals surface area contributed by atoms with Gasteiger partial charge in [-0.15, -0.1) is 0 Å². The fourth-order valence-corrected chi connectivity index (χ4v) is 4.85. The second-order valence-corrected chi connectivity index (χ2v) is 8.94. The number of hydrogen-bond donors (Lipinski definition) is 1. The molecule has 2 aromatic rings. The number of rotatable bonds is 7. The molecule has 7 nitrogen and oxygen atoms in total. The summed E-state index contributed by atoms with van der Waals surface area (Å²) in [7, 11) is 4.96. The summed E-state index contributed by atoms with van der Waals surface area (Å²) < 4.78 is 44.8. The molecule has 8 heteroatoms. The van der Waals surface area contributed by atoms with E-state index in [0.717, 1.165) is 36.1 Å². The fourth-order valence-electron chi connectivity index (χ4n) is 3.74. The molecule has 1 aliphatic carbocycles. The lowest BCUT2D eigenvalue weighted by Crippen LogP contribution is -2.34. The predicted octanol–water partition coefficient (Wildman–Crippen LogP) is 2.93. The predicted molar refractivity (Wildman–Crippen MR) is 113 cm³/mol. The van der Waals surface area contributed by atoms with Crippen molar-refractivity contribution < 1.29 is 22.6 Å². The number of sulfonamides is 1. The van der Waals surface area contributed by atoms with Crippen LogP contribution >= 0.6 is 0 Å². The van der Waals surface area contributed by atoms with Crippen LogP contribution in [0.4, 0.5) is 5.69 Å². The number of likely N-dealkylation sites (N-methyl/N-ethyl adjacent to an activating group) is 1. The SMILES string of the molecule is COc1ccc(S(=O)(=O)Nc2ccc(OC)c3c2CCC(N(C)C)C3)cc1OC. The molecule has 2 aromatic carbocycles. The van der Waals surface area contributed by atoms with Crippen LogP contribution in [0.3, 0.4) is 0 Å². The van der Waals surface area contributed by atoms with Crippen LogP contribution in [0.25, 0.3) is 0 Å². The Morgan fingerprint density at radius 1 is 0.931 bits per heavy atom. The molecule has 29 heavy (non-hydrogen) atoms. The number of anilines is 1. The summed E-state index contributed by atoms with van der Waals surface area (Å²) in [6.45, 7) is 0. The Morgan fingerprint density at radius 3 is 2.21 bits per heavy atom. The molecule has 0 radical (unpaired) electrons. The lowest BCUT2D eigenvalue weighted by atomic mass is 9.86. The minimum atomic E-state index is -3.79. The van der Waals surface area contributed by atoms with Gasteiger partial charge in [-0.05, 0) is 63.2 Å². The Balaban J connectivity index is 1.97. The van der Waals surface area contributed by atoms with Crippen molar-refractivity contribution in [3.63, 3.8) is 0 Å². The molecule has 0 aromatic heterocycles. The van der Waals surface area contributed by atoms with Crippen LogP contribution in [0, 0.1) is 0 Å². The van der Waals surface area contributed by atoms with Gasteiger partial charge >= 0.3 is 0 Å². The normalized spacial score (nSPS) is 16.3. The second kappa shape index (κ2) is 8.51. The molecular weight excluding hydrogens is 392 g/mol. The summed E-state index contributed by atoms with van der Waals surface area (Å²) >= 11 is 0. The standard InChI is InChI=1S/C21H28N2O5S/c1-23(2)14-6-8-16-17(12-14)19(26-3)11-9-18(16)22-29(24,25)15-7-10-20(27-4)21(13-15)28-5/h7,9-11,13-14,22H,6,8,12H2,1-5H3. The topological polar surface area (TPSA) is 77.1 Å². The van der Waals surface area contributed by atoms with Gasteiger partial charge in [-0.2, -0.15) is 0 Å². The number of methoxy groups -OCH3 is 3. The minimum absolute atomic E-state index is 0.113. The number of benzene rings is 2. The molecule has 1 unspecified atom stereocenters. The van der Waals surface area contributed by atoms with E-state index in [2.05, 4.69) is 23.7 Å². The highest BCUT2D eigenvalue weighted by molar-refractivity contribution is 7.92. The average Bonchev–Trinajstić information content (AvgIpc) is 2.72. The lowest BCUT2D eigenvalue weighted by Gasteiger charge is -2.32. The van der Waals surface area contributed by atoms with Gasteiger partial charge < -0.3 is 19.1 Å². The smallest absolute Gasteiger partial charge is 0.262 e. The zero-order valence-corrected chi connectivity index (χ0v) is 18.3. The van der Waals surface area contributed by atoms with Crippen molar-refractivity contribution in [2.24, 2.45) is 0 Å². The summed E-state index contributed by atoms with van der Waals surface area (Å²) in [6.07, 6.45) is 2.55. The molecule has 1 atom stereocenters. The first-order valence-corrected chi connectivity index (χ1v) is 10.9. The van der Waals surface area contributed by atoms with Crippen molar-refractivity contribution in [1.29, 1.82) is 0 Å². The molecule has 0 aliphatic heterocycles. The molecular formula is C21H28N2O5S. The van der Waals surface area contributed by atoms with Crippen molar-refractivity contribution in [1.82, 2.24) is 4.90 Å². The highest BCUT2D eigenvalue weighted by Gasteiger charge is 2.27. The van der Waals surface area contributed by atoms with E-state index in [1.54, 1.807) is 19.2 Å². The number of fused-ring (bicyclic) bond motifs is 1. The highest BCUT2D eigenvalue weighted by atomic mass is 32.2. The van der Waals surface area contributed by atoms with Crippen molar-refractivity contribution in [2.75, 3.05) is 40.1 Å². The van der Waals surface area contributed by atoms with Gasteiger partial charge in [0, 0.05) is 17.7 Å². The maximum atomic E-state index is 13.0. The minimum Gasteiger partial charge on any atom is -0.496 e. The molecule has 0 spiro atoms. The highest BCUT2D eigenvalue weighted by Crippen LogP contribution is 2.37. The van der Waals surface area contributed by atoms with E-state index in [1.807, 2.05) is 6.07 Å². The molecule has 0 amide bonds. The first kappa shape index (κ1) is 21.3. The van der Waals surface area contributed by atoms with Crippen LogP contribution in [0.5, 0.6) is 17.2 Å². The Labute approximate surface area is 172 Å². The molecule has 0 saturated carbocycles. The second-order valence-electron chi connectivity index (χ2n) is 7.26. The average molecular weight is 421 g/mol. The molecule has 3 rings (SSSR count). The van der Waals surface area contributed by atoms with Crippen LogP contribution in [-0.4, -0.2) is 54.8 Å². The van der Waals surface area contributed by atoms with Crippen LogP contribution in [0.2, 0.25) is 0 Å². The van der Waals surface area contributed by atoms with Crippen LogP contribution < -0.4 is 18.9 Å². The van der Waals surface area contributed by atoms with E-state index in [4.69, 9.17) is 14.2 Å². The third kappa shape index (κ3) is 4.28. The fraction of sp³-hybridized carbons (Fsp3) is 0.429. The summed E-state index contributed by atoms with van der Waals surface area (Å²) in [5.41, 5.74) is 2.64. The largest absolute Gasteiger partial charge is 0.496 e. The number of hydrogen-bond acceptors (Lipinski definition) is 6. The maximum absolute atomic E-state index is 13.0. The third-order valence-electron chi connectivity index (χ3n) is 5.42. The monoisotopic (exact) mass is 420 g/mol. The van der Waals surface area contributed by atoms with Crippen LogP contribution in [0.15, 0.2) is 35.2 Å². The van der Waals surface area contributed by atoms with Crippen molar-refractivity contribution >= 4 is 15.7 Å². The maximum Gasteiger partial charge on any atom is 0.262 e.